The zero-order valence-corrected chi connectivity index (χ0v) is 12.8. The Kier molecular flexibility index (Phi) is 3.59. The van der Waals surface area contributed by atoms with Crippen molar-refractivity contribution >= 4 is 27.5 Å². The summed E-state index contributed by atoms with van der Waals surface area (Å²) in [5.74, 6) is -0.0778. The maximum Gasteiger partial charge on any atom is 0.255 e. The van der Waals surface area contributed by atoms with Gasteiger partial charge in [0.2, 0.25) is 0 Å². The molecule has 0 fully saturated rings. The molecule has 0 saturated carbocycles. The Balaban J connectivity index is 1.84. The fourth-order valence-electron chi connectivity index (χ4n) is 2.37. The van der Waals surface area contributed by atoms with Crippen molar-refractivity contribution in [1.82, 2.24) is 5.32 Å². The Morgan fingerprint density at radius 3 is 2.80 bits per heavy atom. The van der Waals surface area contributed by atoms with Gasteiger partial charge >= 0.3 is 0 Å². The minimum absolute atomic E-state index is 0.0778. The van der Waals surface area contributed by atoms with Crippen LogP contribution in [0, 0.1) is 6.92 Å². The first kappa shape index (κ1) is 13.3. The lowest BCUT2D eigenvalue weighted by Crippen LogP contribution is -2.12. The molecule has 102 valence electrons. The topological polar surface area (TPSA) is 41.1 Å². The van der Waals surface area contributed by atoms with Crippen molar-refractivity contribution in [3.8, 4) is 0 Å². The Hall–Kier alpha value is -1.65. The first-order chi connectivity index (χ1) is 9.63. The highest BCUT2D eigenvalue weighted by molar-refractivity contribution is 9.10. The van der Waals surface area contributed by atoms with Gasteiger partial charge in [-0.3, -0.25) is 4.79 Å². The van der Waals surface area contributed by atoms with E-state index < -0.39 is 0 Å². The van der Waals surface area contributed by atoms with Gasteiger partial charge < -0.3 is 10.6 Å². The number of hydrogen-bond acceptors (Lipinski definition) is 2. The highest BCUT2D eigenvalue weighted by Gasteiger charge is 2.14. The maximum atomic E-state index is 12.3. The van der Waals surface area contributed by atoms with Crippen molar-refractivity contribution in [3.63, 3.8) is 0 Å². The molecular formula is C16H15BrN2O. The minimum Gasteiger partial charge on any atom is -0.321 e. The van der Waals surface area contributed by atoms with Crippen molar-refractivity contribution < 1.29 is 4.79 Å². The lowest BCUT2D eigenvalue weighted by atomic mass is 10.1. The number of hydrogen-bond donors (Lipinski definition) is 2. The summed E-state index contributed by atoms with van der Waals surface area (Å²) in [7, 11) is 0. The number of fused-ring (bicyclic) bond motifs is 1. The first-order valence-corrected chi connectivity index (χ1v) is 7.33. The molecule has 0 unspecified atom stereocenters. The highest BCUT2D eigenvalue weighted by atomic mass is 79.9. The Labute approximate surface area is 126 Å². The van der Waals surface area contributed by atoms with Gasteiger partial charge in [0.05, 0.1) is 5.69 Å². The van der Waals surface area contributed by atoms with Crippen LogP contribution in [0.1, 0.15) is 27.0 Å². The van der Waals surface area contributed by atoms with Gasteiger partial charge in [0.1, 0.15) is 0 Å². The number of carbonyl (C=O) groups is 1. The van der Waals surface area contributed by atoms with E-state index in [0.29, 0.717) is 5.56 Å². The van der Waals surface area contributed by atoms with E-state index in [1.807, 2.05) is 43.3 Å². The van der Waals surface area contributed by atoms with E-state index in [1.165, 1.54) is 11.1 Å². The van der Waals surface area contributed by atoms with E-state index in [9.17, 15) is 4.79 Å². The van der Waals surface area contributed by atoms with Gasteiger partial charge in [0, 0.05) is 23.1 Å². The molecule has 3 rings (SSSR count). The van der Waals surface area contributed by atoms with Crippen LogP contribution in [0.15, 0.2) is 40.9 Å². The van der Waals surface area contributed by atoms with Crippen LogP contribution in [0.4, 0.5) is 5.69 Å². The number of benzene rings is 2. The molecule has 2 N–H and O–H groups in total. The average Bonchev–Trinajstić information content (AvgIpc) is 2.90. The largest absolute Gasteiger partial charge is 0.321 e. The number of aryl methyl sites for hydroxylation is 1. The Bertz CT molecular complexity index is 682. The van der Waals surface area contributed by atoms with Crippen LogP contribution in [-0.2, 0) is 13.1 Å². The monoisotopic (exact) mass is 330 g/mol. The third kappa shape index (κ3) is 2.62. The molecule has 20 heavy (non-hydrogen) atoms. The second-order valence-electron chi connectivity index (χ2n) is 5.02. The molecule has 2 aromatic rings. The second-order valence-corrected chi connectivity index (χ2v) is 5.88. The van der Waals surface area contributed by atoms with Crippen LogP contribution in [0.3, 0.4) is 0 Å². The summed E-state index contributed by atoms with van der Waals surface area (Å²) in [6, 6.07) is 11.8. The molecule has 1 aliphatic heterocycles. The van der Waals surface area contributed by atoms with Crippen LogP contribution in [0.2, 0.25) is 0 Å². The van der Waals surface area contributed by atoms with Crippen molar-refractivity contribution in [2.24, 2.45) is 0 Å². The third-order valence-electron chi connectivity index (χ3n) is 3.47. The summed E-state index contributed by atoms with van der Waals surface area (Å²) in [6.45, 7) is 3.73. The minimum atomic E-state index is -0.0778. The van der Waals surface area contributed by atoms with Crippen LogP contribution in [0.5, 0.6) is 0 Å². The molecule has 0 aromatic heterocycles. The highest BCUT2D eigenvalue weighted by Crippen LogP contribution is 2.24. The maximum absolute atomic E-state index is 12.3. The molecule has 1 amide bonds. The fourth-order valence-corrected chi connectivity index (χ4v) is 2.71. The number of anilines is 1. The van der Waals surface area contributed by atoms with Gasteiger partial charge in [-0.25, -0.2) is 0 Å². The first-order valence-electron chi connectivity index (χ1n) is 6.53. The van der Waals surface area contributed by atoms with Gasteiger partial charge in [0.15, 0.2) is 0 Å². The predicted octanol–water partition coefficient (Wildman–Crippen LogP) is 3.61. The number of carbonyl (C=O) groups excluding carboxylic acids is 1. The van der Waals surface area contributed by atoms with E-state index >= 15 is 0 Å². The number of halogens is 1. The number of nitrogens with one attached hydrogen (secondary N) is 2. The van der Waals surface area contributed by atoms with E-state index in [0.717, 1.165) is 28.8 Å². The standard InChI is InChI=1S/C16H15BrN2O/c1-10-2-5-14(17)15(6-10)19-16(20)11-3-4-12-8-18-9-13(12)7-11/h2-7,18H,8-9H2,1H3,(H,19,20). The summed E-state index contributed by atoms with van der Waals surface area (Å²) in [6.07, 6.45) is 0. The van der Waals surface area contributed by atoms with Crippen LogP contribution < -0.4 is 10.6 Å². The van der Waals surface area contributed by atoms with Crippen molar-refractivity contribution in [2.45, 2.75) is 20.0 Å². The van der Waals surface area contributed by atoms with Crippen molar-refractivity contribution in [2.75, 3.05) is 5.32 Å². The van der Waals surface area contributed by atoms with E-state index in [4.69, 9.17) is 0 Å². The van der Waals surface area contributed by atoms with Gasteiger partial charge in [-0.05, 0) is 63.8 Å². The average molecular weight is 331 g/mol. The van der Waals surface area contributed by atoms with Crippen LogP contribution >= 0.6 is 15.9 Å². The molecule has 4 heteroatoms. The summed E-state index contributed by atoms with van der Waals surface area (Å²) in [4.78, 5) is 12.3. The lowest BCUT2D eigenvalue weighted by Gasteiger charge is -2.09. The summed E-state index contributed by atoms with van der Waals surface area (Å²) in [5.41, 5.74) is 5.09. The quantitative estimate of drug-likeness (QED) is 0.883. The molecular weight excluding hydrogens is 316 g/mol. The third-order valence-corrected chi connectivity index (χ3v) is 4.16. The molecule has 0 bridgehead atoms. The molecule has 1 heterocycles. The van der Waals surface area contributed by atoms with Gasteiger partial charge in [-0.15, -0.1) is 0 Å². The predicted molar refractivity (Wildman–Crippen MR) is 83.8 cm³/mol. The molecule has 1 aliphatic rings. The molecule has 0 atom stereocenters. The van der Waals surface area contributed by atoms with E-state index in [-0.39, 0.29) is 5.91 Å². The van der Waals surface area contributed by atoms with Crippen LogP contribution in [-0.4, -0.2) is 5.91 Å². The molecule has 0 radical (unpaired) electrons. The Morgan fingerprint density at radius 1 is 1.15 bits per heavy atom. The fraction of sp³-hybridized carbons (Fsp3) is 0.188. The van der Waals surface area contributed by atoms with E-state index in [2.05, 4.69) is 26.6 Å². The molecule has 0 spiro atoms. The second kappa shape index (κ2) is 5.38. The summed E-state index contributed by atoms with van der Waals surface area (Å²) >= 11 is 3.46. The number of rotatable bonds is 2. The summed E-state index contributed by atoms with van der Waals surface area (Å²) in [5, 5.41) is 6.23. The normalized spacial score (nSPS) is 13.1. The molecule has 0 saturated heterocycles. The summed E-state index contributed by atoms with van der Waals surface area (Å²) < 4.78 is 0.888. The molecule has 0 aliphatic carbocycles. The van der Waals surface area contributed by atoms with Gasteiger partial charge in [-0.2, -0.15) is 0 Å². The number of amides is 1. The van der Waals surface area contributed by atoms with E-state index in [1.54, 1.807) is 0 Å². The smallest absolute Gasteiger partial charge is 0.255 e. The van der Waals surface area contributed by atoms with Crippen LogP contribution in [0.25, 0.3) is 0 Å². The van der Waals surface area contributed by atoms with Gasteiger partial charge in [-0.1, -0.05) is 12.1 Å². The Morgan fingerprint density at radius 2 is 1.95 bits per heavy atom. The SMILES string of the molecule is Cc1ccc(Br)c(NC(=O)c2ccc3c(c2)CNC3)c1. The zero-order chi connectivity index (χ0) is 14.1. The molecule has 3 nitrogen and oxygen atoms in total. The van der Waals surface area contributed by atoms with Crippen molar-refractivity contribution in [1.29, 1.82) is 0 Å². The molecule has 2 aromatic carbocycles. The van der Waals surface area contributed by atoms with Crippen molar-refractivity contribution in [3.05, 3.63) is 63.1 Å². The zero-order valence-electron chi connectivity index (χ0n) is 11.2. The lowest BCUT2D eigenvalue weighted by molar-refractivity contribution is 0.102. The van der Waals surface area contributed by atoms with Gasteiger partial charge in [0.25, 0.3) is 5.91 Å².